The van der Waals surface area contributed by atoms with Crippen LogP contribution in [0.2, 0.25) is 5.82 Å². The van der Waals surface area contributed by atoms with Gasteiger partial charge in [-0.3, -0.25) is 0 Å². The second kappa shape index (κ2) is 3.95. The molecule has 0 atom stereocenters. The van der Waals surface area contributed by atoms with Crippen molar-refractivity contribution in [2.75, 3.05) is 0 Å². The van der Waals surface area contributed by atoms with E-state index in [1.165, 1.54) is 0 Å². The Hall–Kier alpha value is 0.779. The normalized spacial score (nSPS) is 7.67. The zero-order valence-corrected chi connectivity index (χ0v) is 7.45. The van der Waals surface area contributed by atoms with Crippen LogP contribution in [0.4, 0.5) is 0 Å². The molecule has 0 aromatic heterocycles. The Morgan fingerprint density at radius 1 is 1.67 bits per heavy atom. The maximum atomic E-state index is 3.80. The Bertz CT molecular complexity index is 79.5. The van der Waals surface area contributed by atoms with E-state index < -0.39 is 0 Å². The summed E-state index contributed by atoms with van der Waals surface area (Å²) in [6.07, 6.45) is 0. The van der Waals surface area contributed by atoms with Gasteiger partial charge in [0.2, 0.25) is 0 Å². The molecule has 0 aromatic rings. The quantitative estimate of drug-likeness (QED) is 0.540. The van der Waals surface area contributed by atoms with Crippen molar-refractivity contribution in [3.8, 4) is 0 Å². The van der Waals surface area contributed by atoms with Crippen LogP contribution in [0, 0.1) is 0 Å². The van der Waals surface area contributed by atoms with E-state index in [0.29, 0.717) is 14.1 Å². The third-order valence-corrected chi connectivity index (χ3v) is 5.65. The molecule has 0 heterocycles. The minimum atomic E-state index is 0.578. The molecular weight excluding hydrogens is 206 g/mol. The predicted molar refractivity (Wildman–Crippen MR) is 35.2 cm³/mol. The molecule has 36 valence electrons. The van der Waals surface area contributed by atoms with Gasteiger partial charge in [0.15, 0.2) is 0 Å². The summed E-state index contributed by atoms with van der Waals surface area (Å²) >= 11 is 1.34. The van der Waals surface area contributed by atoms with E-state index in [9.17, 15) is 0 Å². The van der Waals surface area contributed by atoms with E-state index >= 15 is 0 Å². The molecule has 0 aliphatic rings. The summed E-state index contributed by atoms with van der Waals surface area (Å²) in [5.41, 5.74) is 3.80. The van der Waals surface area contributed by atoms with Gasteiger partial charge in [-0.05, 0) is 0 Å². The molecule has 0 N–H and O–H groups in total. The average molecular weight is 214 g/mol. The van der Waals surface area contributed by atoms with Crippen molar-refractivity contribution in [3.05, 3.63) is 0 Å². The van der Waals surface area contributed by atoms with E-state index in [1.807, 2.05) is 0 Å². The number of rotatable bonds is 1. The summed E-state index contributed by atoms with van der Waals surface area (Å²) < 4.78 is 1.61. The van der Waals surface area contributed by atoms with Gasteiger partial charge in [0.05, 0.1) is 0 Å². The van der Waals surface area contributed by atoms with Gasteiger partial charge < -0.3 is 0 Å². The summed E-state index contributed by atoms with van der Waals surface area (Å²) in [5, 5.41) is 0. The van der Waals surface area contributed by atoms with Crippen LogP contribution in [0.15, 0.2) is 0 Å². The third kappa shape index (κ3) is 2.99. The van der Waals surface area contributed by atoms with Crippen LogP contribution in [0.1, 0.15) is 6.92 Å². The van der Waals surface area contributed by atoms with Crippen molar-refractivity contribution in [2.45, 2.75) is 12.7 Å². The number of hydrogen-bond acceptors (Lipinski definition) is 0. The maximum absolute atomic E-state index is 3.80. The topological polar surface area (TPSA) is 0 Å². The van der Waals surface area contributed by atoms with Crippen molar-refractivity contribution >= 4 is 37.8 Å². The van der Waals surface area contributed by atoms with E-state index in [0.717, 1.165) is 15.0 Å². The van der Waals surface area contributed by atoms with E-state index in [1.54, 1.807) is 3.32 Å². The number of hydrogen-bond donors (Lipinski definition) is 0. The zero-order chi connectivity index (χ0) is 4.99. The van der Waals surface area contributed by atoms with Gasteiger partial charge in [-0.2, -0.15) is 0 Å². The molecule has 0 saturated heterocycles. The molecule has 0 nitrogen and oxygen atoms in total. The fraction of sp³-hybridized carbons (Fsp3) is 0.500. The molecule has 0 unspecified atom stereocenters. The minimum absolute atomic E-state index is 0.578. The molecule has 6 heavy (non-hydrogen) atoms. The molecule has 0 radical (unpaired) electrons. The molecule has 0 amide bonds. The molecule has 0 aromatic carbocycles. The van der Waals surface area contributed by atoms with Crippen LogP contribution < -0.4 is 0 Å². The third-order valence-electron chi connectivity index (χ3n) is 0.491. The van der Waals surface area contributed by atoms with Crippen molar-refractivity contribution in [2.24, 2.45) is 0 Å². The molecule has 0 bridgehead atoms. The Kier molecular flexibility index (Phi) is 4.47. The fourth-order valence-electron chi connectivity index (χ4n) is 0.0589. The first-order chi connectivity index (χ1) is 2.81. The molecule has 0 saturated carbocycles. The Balaban J connectivity index is 3.52. The van der Waals surface area contributed by atoms with Crippen molar-refractivity contribution in [3.63, 3.8) is 0 Å². The molecule has 0 rings (SSSR count). The van der Waals surface area contributed by atoms with Gasteiger partial charge in [0.1, 0.15) is 0 Å². The first kappa shape index (κ1) is 6.78. The second-order valence-electron chi connectivity index (χ2n) is 0.840. The van der Waals surface area contributed by atoms with Gasteiger partial charge >= 0.3 is 50.5 Å². The van der Waals surface area contributed by atoms with Crippen LogP contribution in [-0.4, -0.2) is 37.8 Å². The van der Waals surface area contributed by atoms with Crippen molar-refractivity contribution in [1.82, 2.24) is 0 Å². The second-order valence-corrected chi connectivity index (χ2v) is 6.18. The standard InChI is InChI=1S/C4H8Se2/c1-4(5-2)6-3/h2H2,1,3H3. The monoisotopic (exact) mass is 216 g/mol. The Morgan fingerprint density at radius 2 is 2.17 bits per heavy atom. The van der Waals surface area contributed by atoms with Crippen LogP contribution in [-0.2, 0) is 0 Å². The van der Waals surface area contributed by atoms with Crippen LogP contribution in [0.25, 0.3) is 0 Å². The molecule has 0 spiro atoms. The van der Waals surface area contributed by atoms with E-state index in [4.69, 9.17) is 0 Å². The van der Waals surface area contributed by atoms with E-state index in [2.05, 4.69) is 18.2 Å². The van der Waals surface area contributed by atoms with Gasteiger partial charge in [0, 0.05) is 0 Å². The van der Waals surface area contributed by atoms with Gasteiger partial charge in [-0.1, -0.05) is 0 Å². The first-order valence-electron chi connectivity index (χ1n) is 1.61. The molecule has 0 aliphatic heterocycles. The SMILES string of the molecule is C=[Se]=C(C)[Se]C. The van der Waals surface area contributed by atoms with Crippen molar-refractivity contribution in [1.29, 1.82) is 0 Å². The predicted octanol–water partition coefficient (Wildman–Crippen LogP) is 0.0247. The molecule has 0 aliphatic carbocycles. The van der Waals surface area contributed by atoms with Crippen molar-refractivity contribution < 1.29 is 0 Å². The molecule has 0 fully saturated rings. The first-order valence-corrected chi connectivity index (χ1v) is 6.24. The molecule has 2 heteroatoms. The van der Waals surface area contributed by atoms with Crippen LogP contribution >= 0.6 is 0 Å². The van der Waals surface area contributed by atoms with Gasteiger partial charge in [0.25, 0.3) is 0 Å². The summed E-state index contributed by atoms with van der Waals surface area (Å²) in [6.45, 7) is 2.19. The summed E-state index contributed by atoms with van der Waals surface area (Å²) in [5.74, 6) is 2.23. The average Bonchev–Trinajstić information content (AvgIpc) is 1.65. The van der Waals surface area contributed by atoms with Gasteiger partial charge in [-0.25, -0.2) is 0 Å². The summed E-state index contributed by atoms with van der Waals surface area (Å²) in [4.78, 5) is 0. The summed E-state index contributed by atoms with van der Waals surface area (Å²) in [6, 6.07) is 0. The Labute approximate surface area is 50.7 Å². The van der Waals surface area contributed by atoms with Crippen LogP contribution in [0.3, 0.4) is 0 Å². The summed E-state index contributed by atoms with van der Waals surface area (Å²) in [7, 11) is 0. The Morgan fingerprint density at radius 3 is 2.17 bits per heavy atom. The van der Waals surface area contributed by atoms with Crippen LogP contribution in [0.5, 0.6) is 0 Å². The molecular formula is C4H8Se2. The van der Waals surface area contributed by atoms with E-state index in [-0.39, 0.29) is 0 Å². The van der Waals surface area contributed by atoms with Gasteiger partial charge in [-0.15, -0.1) is 0 Å². The zero-order valence-electron chi connectivity index (χ0n) is 4.02. The fourth-order valence-corrected chi connectivity index (χ4v) is 1.59.